The third-order valence-electron chi connectivity index (χ3n) is 1.82. The molecule has 0 N–H and O–H groups in total. The van der Waals surface area contributed by atoms with Gasteiger partial charge in [0, 0.05) is 12.3 Å². The average Bonchev–Trinajstić information content (AvgIpc) is 1.97. The Morgan fingerprint density at radius 3 is 2.55 bits per heavy atom. The molecule has 0 bridgehead atoms. The minimum Gasteiger partial charge on any atom is -0.300 e. The van der Waals surface area contributed by atoms with E-state index in [1.807, 2.05) is 0 Å². The molecule has 62 valence electrons. The van der Waals surface area contributed by atoms with E-state index in [0.717, 1.165) is 19.3 Å². The Kier molecular flexibility index (Phi) is 5.46. The molecule has 2 heteroatoms. The molecular formula is C9H15NO. The monoisotopic (exact) mass is 153 g/mol. The van der Waals surface area contributed by atoms with E-state index in [1.54, 1.807) is 6.92 Å². The van der Waals surface area contributed by atoms with Crippen LogP contribution in [-0.2, 0) is 4.79 Å². The van der Waals surface area contributed by atoms with Crippen LogP contribution in [0.3, 0.4) is 0 Å². The van der Waals surface area contributed by atoms with Crippen molar-refractivity contribution in [2.75, 3.05) is 0 Å². The minimum absolute atomic E-state index is 0.125. The predicted octanol–water partition coefficient (Wildman–Crippen LogP) is 2.30. The minimum atomic E-state index is 0.125. The topological polar surface area (TPSA) is 40.9 Å². The maximum atomic E-state index is 10.9. The van der Waals surface area contributed by atoms with E-state index in [2.05, 4.69) is 13.0 Å². The van der Waals surface area contributed by atoms with Crippen molar-refractivity contribution >= 4 is 5.78 Å². The zero-order chi connectivity index (χ0) is 8.69. The lowest BCUT2D eigenvalue weighted by Gasteiger charge is -2.08. The Morgan fingerprint density at radius 1 is 1.55 bits per heavy atom. The molecule has 11 heavy (non-hydrogen) atoms. The van der Waals surface area contributed by atoms with Crippen LogP contribution in [-0.4, -0.2) is 5.78 Å². The molecule has 0 aromatic heterocycles. The van der Waals surface area contributed by atoms with E-state index in [0.29, 0.717) is 6.42 Å². The molecule has 0 radical (unpaired) electrons. The van der Waals surface area contributed by atoms with Crippen molar-refractivity contribution in [2.45, 2.75) is 39.5 Å². The zero-order valence-electron chi connectivity index (χ0n) is 7.26. The van der Waals surface area contributed by atoms with Gasteiger partial charge in [-0.15, -0.1) is 0 Å². The Balaban J connectivity index is 3.71. The van der Waals surface area contributed by atoms with Gasteiger partial charge in [-0.25, -0.2) is 0 Å². The number of ketones is 1. The fourth-order valence-corrected chi connectivity index (χ4v) is 1.14. The zero-order valence-corrected chi connectivity index (χ0v) is 7.26. The number of hydrogen-bond donors (Lipinski definition) is 0. The van der Waals surface area contributed by atoms with Crippen LogP contribution in [0.5, 0.6) is 0 Å². The maximum absolute atomic E-state index is 10.9. The number of carbonyl (C=O) groups is 1. The van der Waals surface area contributed by atoms with Crippen LogP contribution in [0.4, 0.5) is 0 Å². The first-order valence-electron chi connectivity index (χ1n) is 4.09. The molecule has 0 aliphatic rings. The smallest absolute Gasteiger partial charge is 0.132 e. The standard InChI is InChI=1S/C9H15NO/c1-3-5-9(8(2)11)6-4-7-10/h9H,3-6H2,1-2H3. The van der Waals surface area contributed by atoms with Gasteiger partial charge < -0.3 is 0 Å². The van der Waals surface area contributed by atoms with Crippen LogP contribution in [0.1, 0.15) is 39.5 Å². The largest absolute Gasteiger partial charge is 0.300 e. The fraction of sp³-hybridized carbons (Fsp3) is 0.778. The third-order valence-corrected chi connectivity index (χ3v) is 1.82. The summed E-state index contributed by atoms with van der Waals surface area (Å²) in [6.07, 6.45) is 3.19. The lowest BCUT2D eigenvalue weighted by atomic mass is 9.95. The molecule has 0 fully saturated rings. The Bertz CT molecular complexity index is 157. The Labute approximate surface area is 68.2 Å². The normalized spacial score (nSPS) is 12.1. The highest BCUT2D eigenvalue weighted by atomic mass is 16.1. The van der Waals surface area contributed by atoms with Crippen LogP contribution in [0.15, 0.2) is 0 Å². The number of Topliss-reactive ketones (excluding diaryl/α,β-unsaturated/α-hetero) is 1. The number of nitriles is 1. The summed E-state index contributed by atoms with van der Waals surface area (Å²) >= 11 is 0. The van der Waals surface area contributed by atoms with E-state index in [4.69, 9.17) is 5.26 Å². The molecule has 0 spiro atoms. The highest BCUT2D eigenvalue weighted by Crippen LogP contribution is 2.13. The van der Waals surface area contributed by atoms with Gasteiger partial charge in [0.05, 0.1) is 6.07 Å². The summed E-state index contributed by atoms with van der Waals surface area (Å²) in [6.45, 7) is 3.67. The average molecular weight is 153 g/mol. The van der Waals surface area contributed by atoms with Crippen LogP contribution >= 0.6 is 0 Å². The molecule has 0 amide bonds. The summed E-state index contributed by atoms with van der Waals surface area (Å²) in [5.41, 5.74) is 0. The maximum Gasteiger partial charge on any atom is 0.132 e. The van der Waals surface area contributed by atoms with Crippen molar-refractivity contribution in [3.8, 4) is 6.07 Å². The predicted molar refractivity (Wildman–Crippen MR) is 43.9 cm³/mol. The molecule has 0 aliphatic carbocycles. The first-order chi connectivity index (χ1) is 5.22. The lowest BCUT2D eigenvalue weighted by Crippen LogP contribution is -2.09. The second-order valence-electron chi connectivity index (χ2n) is 2.79. The molecule has 0 rings (SSSR count). The van der Waals surface area contributed by atoms with Gasteiger partial charge in [-0.1, -0.05) is 13.3 Å². The lowest BCUT2D eigenvalue weighted by molar-refractivity contribution is -0.121. The molecule has 0 aromatic carbocycles. The summed E-state index contributed by atoms with van der Waals surface area (Å²) in [4.78, 5) is 10.9. The summed E-state index contributed by atoms with van der Waals surface area (Å²) in [7, 11) is 0. The van der Waals surface area contributed by atoms with Gasteiger partial charge >= 0.3 is 0 Å². The molecule has 1 unspecified atom stereocenters. The highest BCUT2D eigenvalue weighted by Gasteiger charge is 2.11. The summed E-state index contributed by atoms with van der Waals surface area (Å²) in [6, 6.07) is 2.06. The van der Waals surface area contributed by atoms with Crippen LogP contribution in [0.25, 0.3) is 0 Å². The van der Waals surface area contributed by atoms with E-state index in [9.17, 15) is 4.79 Å². The highest BCUT2D eigenvalue weighted by molar-refractivity contribution is 5.78. The van der Waals surface area contributed by atoms with Crippen LogP contribution in [0.2, 0.25) is 0 Å². The number of nitrogens with zero attached hydrogens (tertiary/aromatic N) is 1. The molecule has 1 atom stereocenters. The Hall–Kier alpha value is -0.840. The van der Waals surface area contributed by atoms with E-state index < -0.39 is 0 Å². The van der Waals surface area contributed by atoms with E-state index in [1.165, 1.54) is 0 Å². The van der Waals surface area contributed by atoms with Crippen molar-refractivity contribution in [1.29, 1.82) is 5.26 Å². The first kappa shape index (κ1) is 10.2. The molecule has 0 saturated heterocycles. The third kappa shape index (κ3) is 4.55. The van der Waals surface area contributed by atoms with Gasteiger partial charge in [-0.2, -0.15) is 5.26 Å². The summed E-state index contributed by atoms with van der Waals surface area (Å²) in [5.74, 6) is 0.349. The van der Waals surface area contributed by atoms with Gasteiger partial charge in [0.1, 0.15) is 5.78 Å². The van der Waals surface area contributed by atoms with Crippen LogP contribution in [0, 0.1) is 17.2 Å². The van der Waals surface area contributed by atoms with Crippen LogP contribution < -0.4 is 0 Å². The number of carbonyl (C=O) groups excluding carboxylic acids is 1. The second-order valence-corrected chi connectivity index (χ2v) is 2.79. The summed E-state index contributed by atoms with van der Waals surface area (Å²) in [5, 5.41) is 8.30. The summed E-state index contributed by atoms with van der Waals surface area (Å²) < 4.78 is 0. The number of hydrogen-bond acceptors (Lipinski definition) is 2. The molecule has 0 heterocycles. The van der Waals surface area contributed by atoms with E-state index >= 15 is 0 Å². The van der Waals surface area contributed by atoms with Crippen molar-refractivity contribution in [3.05, 3.63) is 0 Å². The molecule has 0 saturated carbocycles. The first-order valence-corrected chi connectivity index (χ1v) is 4.09. The molecule has 0 aromatic rings. The Morgan fingerprint density at radius 2 is 2.18 bits per heavy atom. The SMILES string of the molecule is CCCC(CCC#N)C(C)=O. The van der Waals surface area contributed by atoms with Crippen molar-refractivity contribution in [3.63, 3.8) is 0 Å². The van der Waals surface area contributed by atoms with Gasteiger partial charge in [-0.05, 0) is 19.8 Å². The van der Waals surface area contributed by atoms with Gasteiger partial charge in [0.25, 0.3) is 0 Å². The molecule has 2 nitrogen and oxygen atoms in total. The fourth-order valence-electron chi connectivity index (χ4n) is 1.14. The van der Waals surface area contributed by atoms with Crippen molar-refractivity contribution < 1.29 is 4.79 Å². The van der Waals surface area contributed by atoms with Gasteiger partial charge in [0.15, 0.2) is 0 Å². The van der Waals surface area contributed by atoms with Gasteiger partial charge in [0.2, 0.25) is 0 Å². The van der Waals surface area contributed by atoms with E-state index in [-0.39, 0.29) is 11.7 Å². The number of rotatable bonds is 5. The van der Waals surface area contributed by atoms with Crippen molar-refractivity contribution in [2.24, 2.45) is 5.92 Å². The van der Waals surface area contributed by atoms with Crippen molar-refractivity contribution in [1.82, 2.24) is 0 Å². The second kappa shape index (κ2) is 5.91. The quantitative estimate of drug-likeness (QED) is 0.608. The molecule has 0 aliphatic heterocycles. The molecular weight excluding hydrogens is 138 g/mol. The van der Waals surface area contributed by atoms with Gasteiger partial charge in [-0.3, -0.25) is 4.79 Å².